The number of phenols is 1. The van der Waals surface area contributed by atoms with E-state index in [4.69, 9.17) is 5.11 Å². The van der Waals surface area contributed by atoms with Gasteiger partial charge in [-0.25, -0.2) is 4.79 Å². The number of rotatable bonds is 1. The van der Waals surface area contributed by atoms with E-state index in [0.29, 0.717) is 10.9 Å². The lowest BCUT2D eigenvalue weighted by atomic mass is 10.0. The minimum absolute atomic E-state index is 0.00815. The normalized spacial score (nSPS) is 10.9. The first-order valence-electron chi connectivity index (χ1n) is 5.59. The van der Waals surface area contributed by atoms with Crippen molar-refractivity contribution in [2.45, 2.75) is 0 Å². The Hall–Kier alpha value is -2.82. The van der Waals surface area contributed by atoms with Gasteiger partial charge in [0.1, 0.15) is 5.75 Å². The summed E-state index contributed by atoms with van der Waals surface area (Å²) in [5.74, 6) is -1.35. The van der Waals surface area contributed by atoms with E-state index in [1.165, 1.54) is 12.1 Å². The molecule has 1 heterocycles. The van der Waals surface area contributed by atoms with Gasteiger partial charge in [0.25, 0.3) is 0 Å². The Bertz CT molecular complexity index is 880. The smallest absolute Gasteiger partial charge is 0.336 e. The quantitative estimate of drug-likeness (QED) is 0.581. The second-order valence-electron chi connectivity index (χ2n) is 4.19. The third-order valence-electron chi connectivity index (χ3n) is 3.07. The maximum atomic E-state index is 12.4. The zero-order valence-electron chi connectivity index (χ0n) is 9.68. The third-order valence-corrected chi connectivity index (χ3v) is 3.07. The number of fused-ring (bicyclic) bond motifs is 2. The largest absolute Gasteiger partial charge is 0.506 e. The van der Waals surface area contributed by atoms with Gasteiger partial charge in [0.2, 0.25) is 0 Å². The van der Waals surface area contributed by atoms with Crippen molar-refractivity contribution in [2.75, 3.05) is 0 Å². The highest BCUT2D eigenvalue weighted by Gasteiger charge is 2.16. The molecule has 3 N–H and O–H groups in total. The second kappa shape index (κ2) is 3.84. The number of aromatic carboxylic acids is 1. The first-order chi connectivity index (χ1) is 9.09. The molecule has 0 spiro atoms. The van der Waals surface area contributed by atoms with Gasteiger partial charge in [0, 0.05) is 10.9 Å². The molecule has 0 saturated heterocycles. The molecule has 3 rings (SSSR count). The lowest BCUT2D eigenvalue weighted by molar-refractivity contribution is 0.0699. The van der Waals surface area contributed by atoms with E-state index in [0.717, 1.165) is 0 Å². The predicted octanol–water partition coefficient (Wildman–Crippen LogP) is 2.09. The van der Waals surface area contributed by atoms with Crippen LogP contribution in [0, 0.1) is 0 Å². The van der Waals surface area contributed by atoms with Crippen LogP contribution in [0.4, 0.5) is 0 Å². The molecule has 0 fully saturated rings. The van der Waals surface area contributed by atoms with Gasteiger partial charge in [0.15, 0.2) is 5.43 Å². The Morgan fingerprint density at radius 2 is 1.84 bits per heavy atom. The van der Waals surface area contributed by atoms with Gasteiger partial charge in [-0.15, -0.1) is 0 Å². The highest BCUT2D eigenvalue weighted by molar-refractivity contribution is 6.07. The molecule has 0 radical (unpaired) electrons. The number of carboxylic acid groups (broad SMARTS) is 1. The van der Waals surface area contributed by atoms with Crippen LogP contribution >= 0.6 is 0 Å². The molecular formula is C14H9NO4. The summed E-state index contributed by atoms with van der Waals surface area (Å²) < 4.78 is 0. The van der Waals surface area contributed by atoms with Crippen LogP contribution in [-0.4, -0.2) is 21.2 Å². The van der Waals surface area contributed by atoms with E-state index >= 15 is 0 Å². The standard InChI is InChI=1S/C14H9NO4/c16-10-6-5-8(14(18)19)11-12(10)15-9-4-2-1-3-7(9)13(11)17/h1-6,16H,(H,15,17)(H,18,19). The van der Waals surface area contributed by atoms with Crippen molar-refractivity contribution in [3.05, 3.63) is 52.2 Å². The molecular weight excluding hydrogens is 246 g/mol. The summed E-state index contributed by atoms with van der Waals surface area (Å²) in [6.07, 6.45) is 0. The fourth-order valence-corrected chi connectivity index (χ4v) is 2.19. The van der Waals surface area contributed by atoms with Crippen molar-refractivity contribution >= 4 is 27.8 Å². The van der Waals surface area contributed by atoms with Crippen LogP contribution < -0.4 is 5.43 Å². The van der Waals surface area contributed by atoms with E-state index in [2.05, 4.69) is 4.98 Å². The van der Waals surface area contributed by atoms with Crippen LogP contribution in [0.3, 0.4) is 0 Å². The fourth-order valence-electron chi connectivity index (χ4n) is 2.19. The molecule has 0 aliphatic rings. The first kappa shape index (κ1) is 11.3. The lowest BCUT2D eigenvalue weighted by Gasteiger charge is -2.06. The molecule has 0 unspecified atom stereocenters. The van der Waals surface area contributed by atoms with Crippen LogP contribution in [0.1, 0.15) is 10.4 Å². The van der Waals surface area contributed by atoms with E-state index in [1.54, 1.807) is 24.3 Å². The zero-order chi connectivity index (χ0) is 13.6. The summed E-state index contributed by atoms with van der Waals surface area (Å²) in [6.45, 7) is 0. The average molecular weight is 255 g/mol. The summed E-state index contributed by atoms with van der Waals surface area (Å²) in [7, 11) is 0. The number of nitrogens with one attached hydrogen (secondary N) is 1. The number of hydrogen-bond acceptors (Lipinski definition) is 3. The number of hydrogen-bond donors (Lipinski definition) is 3. The van der Waals surface area contributed by atoms with Crippen molar-refractivity contribution in [3.8, 4) is 5.75 Å². The van der Waals surface area contributed by atoms with Crippen LogP contribution in [0.25, 0.3) is 21.8 Å². The van der Waals surface area contributed by atoms with Crippen molar-refractivity contribution in [3.63, 3.8) is 0 Å². The Morgan fingerprint density at radius 1 is 1.11 bits per heavy atom. The molecule has 94 valence electrons. The van der Waals surface area contributed by atoms with Gasteiger partial charge < -0.3 is 15.2 Å². The Morgan fingerprint density at radius 3 is 2.58 bits per heavy atom. The maximum Gasteiger partial charge on any atom is 0.336 e. The predicted molar refractivity (Wildman–Crippen MR) is 70.7 cm³/mol. The molecule has 5 nitrogen and oxygen atoms in total. The molecule has 2 aromatic carbocycles. The number of para-hydroxylation sites is 1. The molecule has 0 atom stereocenters. The minimum Gasteiger partial charge on any atom is -0.506 e. The number of carbonyl (C=O) groups is 1. The van der Waals surface area contributed by atoms with Crippen molar-refractivity contribution in [1.29, 1.82) is 0 Å². The van der Waals surface area contributed by atoms with Crippen LogP contribution in [0.5, 0.6) is 5.75 Å². The van der Waals surface area contributed by atoms with Crippen LogP contribution in [0.15, 0.2) is 41.2 Å². The summed E-state index contributed by atoms with van der Waals surface area (Å²) in [4.78, 5) is 26.5. The summed E-state index contributed by atoms with van der Waals surface area (Å²) in [5, 5.41) is 19.3. The average Bonchev–Trinajstić information content (AvgIpc) is 2.40. The molecule has 0 amide bonds. The topological polar surface area (TPSA) is 90.4 Å². The van der Waals surface area contributed by atoms with Crippen LogP contribution in [0.2, 0.25) is 0 Å². The lowest BCUT2D eigenvalue weighted by Crippen LogP contribution is -2.10. The molecule has 0 saturated carbocycles. The van der Waals surface area contributed by atoms with Gasteiger partial charge in [0.05, 0.1) is 16.5 Å². The number of aromatic nitrogens is 1. The van der Waals surface area contributed by atoms with Gasteiger partial charge in [-0.2, -0.15) is 0 Å². The Kier molecular flexibility index (Phi) is 2.28. The molecule has 0 aliphatic heterocycles. The number of carboxylic acids is 1. The highest BCUT2D eigenvalue weighted by atomic mass is 16.4. The third kappa shape index (κ3) is 1.55. The van der Waals surface area contributed by atoms with Crippen molar-refractivity contribution in [2.24, 2.45) is 0 Å². The van der Waals surface area contributed by atoms with E-state index in [1.807, 2.05) is 0 Å². The molecule has 0 bridgehead atoms. The molecule has 3 aromatic rings. The second-order valence-corrected chi connectivity index (χ2v) is 4.19. The van der Waals surface area contributed by atoms with E-state index in [-0.39, 0.29) is 22.2 Å². The van der Waals surface area contributed by atoms with Gasteiger partial charge in [-0.3, -0.25) is 4.79 Å². The van der Waals surface area contributed by atoms with Gasteiger partial charge >= 0.3 is 5.97 Å². The number of aromatic amines is 1. The SMILES string of the molecule is O=C(O)c1ccc(O)c2[nH]c3ccccc3c(=O)c12. The van der Waals surface area contributed by atoms with Gasteiger partial charge in [-0.1, -0.05) is 12.1 Å². The Labute approximate surface area is 106 Å². The number of pyridine rings is 1. The fraction of sp³-hybridized carbons (Fsp3) is 0. The Balaban J connectivity index is 2.65. The molecule has 1 aromatic heterocycles. The first-order valence-corrected chi connectivity index (χ1v) is 5.59. The number of phenolic OH excluding ortho intramolecular Hbond substituents is 1. The van der Waals surface area contributed by atoms with Crippen LogP contribution in [-0.2, 0) is 0 Å². The van der Waals surface area contributed by atoms with Gasteiger partial charge in [-0.05, 0) is 24.3 Å². The summed E-state index contributed by atoms with van der Waals surface area (Å²) in [5.41, 5.74) is 0.166. The number of H-pyrrole nitrogens is 1. The molecule has 19 heavy (non-hydrogen) atoms. The molecule has 0 aliphatic carbocycles. The number of aromatic hydroxyl groups is 1. The van der Waals surface area contributed by atoms with Crippen molar-refractivity contribution in [1.82, 2.24) is 4.98 Å². The minimum atomic E-state index is -1.20. The number of benzene rings is 2. The highest BCUT2D eigenvalue weighted by Crippen LogP contribution is 2.25. The zero-order valence-corrected chi connectivity index (χ0v) is 9.68. The monoisotopic (exact) mass is 255 g/mol. The maximum absolute atomic E-state index is 12.4. The van der Waals surface area contributed by atoms with E-state index in [9.17, 15) is 14.7 Å². The summed E-state index contributed by atoms with van der Waals surface area (Å²) in [6, 6.07) is 9.25. The molecule has 5 heteroatoms. The van der Waals surface area contributed by atoms with Crippen molar-refractivity contribution < 1.29 is 15.0 Å². The van der Waals surface area contributed by atoms with E-state index < -0.39 is 11.4 Å². The summed E-state index contributed by atoms with van der Waals surface area (Å²) >= 11 is 0.